The molecule has 1 nitrogen and oxygen atoms in total. The summed E-state index contributed by atoms with van der Waals surface area (Å²) >= 11 is 0. The minimum absolute atomic E-state index is 0.163. The molecule has 0 amide bonds. The van der Waals surface area contributed by atoms with Crippen molar-refractivity contribution in [2.24, 2.45) is 0 Å². The molecule has 0 saturated heterocycles. The topological polar surface area (TPSA) is 17.1 Å². The number of carbonyl (C=O) groups is 1. The molecule has 0 aliphatic rings. The van der Waals surface area contributed by atoms with Crippen LogP contribution in [0.4, 0.5) is 0 Å². The Hall–Kier alpha value is -0.776. The van der Waals surface area contributed by atoms with E-state index in [0.717, 1.165) is 36.3 Å². The molecule has 0 fully saturated rings. The van der Waals surface area contributed by atoms with E-state index in [1.165, 1.54) is 0 Å². The predicted octanol–water partition coefficient (Wildman–Crippen LogP) is 4.66. The van der Waals surface area contributed by atoms with Crippen molar-refractivity contribution in [2.75, 3.05) is 0 Å². The minimum atomic E-state index is -1.52. The normalized spacial score (nSPS) is 11.1. The monoisotopic (exact) mass is 306 g/mol. The van der Waals surface area contributed by atoms with Crippen molar-refractivity contribution < 1.29 is 4.79 Å². The summed E-state index contributed by atoms with van der Waals surface area (Å²) in [6, 6.07) is 6.78. The maximum absolute atomic E-state index is 11.9. The first-order valence-corrected chi connectivity index (χ1v) is 13.3. The second-order valence-corrected chi connectivity index (χ2v) is 15.4. The second kappa shape index (κ2) is 9.21. The predicted molar refractivity (Wildman–Crippen MR) is 95.0 cm³/mol. The summed E-state index contributed by atoms with van der Waals surface area (Å²) in [6.07, 6.45) is 0. The van der Waals surface area contributed by atoms with E-state index >= 15 is 0 Å². The van der Waals surface area contributed by atoms with Crippen LogP contribution in [0.2, 0.25) is 36.3 Å². The van der Waals surface area contributed by atoms with Crippen LogP contribution in [-0.4, -0.2) is 21.9 Å². The Balaban J connectivity index is 5.08. The summed E-state index contributed by atoms with van der Waals surface area (Å²) in [6.45, 7) is 13.2. The molecule has 0 bridgehead atoms. The lowest BCUT2D eigenvalue weighted by molar-refractivity contribution is -0.108. The van der Waals surface area contributed by atoms with Crippen LogP contribution >= 0.6 is 0 Å². The molecule has 0 aromatic carbocycles. The summed E-state index contributed by atoms with van der Waals surface area (Å²) in [5.74, 6) is 5.52. The Kier molecular flexibility index (Phi) is 8.86. The highest BCUT2D eigenvalue weighted by Gasteiger charge is 2.25. The zero-order valence-electron chi connectivity index (χ0n) is 14.2. The van der Waals surface area contributed by atoms with E-state index in [-0.39, 0.29) is 5.78 Å². The van der Waals surface area contributed by atoms with Gasteiger partial charge in [-0.25, -0.2) is 0 Å². The zero-order valence-corrected chi connectivity index (χ0v) is 16.2. The maximum Gasteiger partial charge on any atom is 0.277 e. The molecule has 0 N–H and O–H groups in total. The SMILES string of the molecule is CC[Si](C#CC(=O)C#C[Si](CC)(CC)CC)(CC)CC. The van der Waals surface area contributed by atoms with Crippen LogP contribution in [0.1, 0.15) is 41.5 Å². The Bertz CT molecular complexity index is 367. The molecule has 20 heavy (non-hydrogen) atoms. The number of hydrogen-bond donors (Lipinski definition) is 0. The fourth-order valence-corrected chi connectivity index (χ4v) is 7.26. The average Bonchev–Trinajstić information content (AvgIpc) is 2.51. The van der Waals surface area contributed by atoms with Crippen LogP contribution in [0.25, 0.3) is 0 Å². The first kappa shape index (κ1) is 19.2. The quantitative estimate of drug-likeness (QED) is 0.515. The van der Waals surface area contributed by atoms with Gasteiger partial charge in [-0.15, -0.1) is 11.1 Å². The van der Waals surface area contributed by atoms with E-state index in [1.54, 1.807) is 0 Å². The minimum Gasteiger partial charge on any atom is -0.270 e. The first-order chi connectivity index (χ1) is 9.46. The fraction of sp³-hybridized carbons (Fsp3) is 0.706. The van der Waals surface area contributed by atoms with Gasteiger partial charge < -0.3 is 0 Å². The van der Waals surface area contributed by atoms with Crippen LogP contribution in [0, 0.1) is 22.9 Å². The van der Waals surface area contributed by atoms with Crippen molar-refractivity contribution in [3.05, 3.63) is 0 Å². The summed E-state index contributed by atoms with van der Waals surface area (Å²) in [5.41, 5.74) is 6.65. The van der Waals surface area contributed by atoms with E-state index in [9.17, 15) is 4.79 Å². The average molecular weight is 307 g/mol. The van der Waals surface area contributed by atoms with Crippen LogP contribution in [0.5, 0.6) is 0 Å². The molecule has 112 valence electrons. The van der Waals surface area contributed by atoms with E-state index in [0.29, 0.717) is 0 Å². The van der Waals surface area contributed by atoms with E-state index in [1.807, 2.05) is 0 Å². The summed E-state index contributed by atoms with van der Waals surface area (Å²) < 4.78 is 0. The molecule has 0 radical (unpaired) electrons. The van der Waals surface area contributed by atoms with Gasteiger partial charge in [0.2, 0.25) is 0 Å². The molecule has 0 saturated carbocycles. The van der Waals surface area contributed by atoms with Crippen LogP contribution < -0.4 is 0 Å². The molecule has 0 aliphatic carbocycles. The van der Waals surface area contributed by atoms with Crippen molar-refractivity contribution >= 4 is 21.9 Å². The van der Waals surface area contributed by atoms with Crippen LogP contribution in [0.15, 0.2) is 0 Å². The number of hydrogen-bond acceptors (Lipinski definition) is 1. The van der Waals surface area contributed by atoms with Crippen molar-refractivity contribution in [2.45, 2.75) is 77.8 Å². The zero-order chi connectivity index (χ0) is 15.6. The number of Topliss-reactive ketones (excluding diaryl/α,β-unsaturated/α-hetero) is 1. The molecule has 0 aliphatic heterocycles. The third-order valence-electron chi connectivity index (χ3n) is 4.94. The Morgan fingerprint density at radius 2 is 0.900 bits per heavy atom. The van der Waals surface area contributed by atoms with Gasteiger partial charge >= 0.3 is 0 Å². The van der Waals surface area contributed by atoms with E-state index in [2.05, 4.69) is 64.5 Å². The van der Waals surface area contributed by atoms with Gasteiger partial charge in [0.05, 0.1) is 0 Å². The molecule has 0 spiro atoms. The highest BCUT2D eigenvalue weighted by Crippen LogP contribution is 2.19. The summed E-state index contributed by atoms with van der Waals surface area (Å²) in [7, 11) is -3.04. The first-order valence-electron chi connectivity index (χ1n) is 8.07. The molecule has 0 atom stereocenters. The summed E-state index contributed by atoms with van der Waals surface area (Å²) in [4.78, 5) is 11.9. The van der Waals surface area contributed by atoms with E-state index < -0.39 is 16.1 Å². The van der Waals surface area contributed by atoms with Gasteiger partial charge in [-0.2, -0.15) is 0 Å². The van der Waals surface area contributed by atoms with Gasteiger partial charge in [-0.3, -0.25) is 4.79 Å². The molecule has 3 heteroatoms. The lowest BCUT2D eigenvalue weighted by Crippen LogP contribution is -2.30. The summed E-state index contributed by atoms with van der Waals surface area (Å²) in [5, 5.41) is 0. The number of carbonyl (C=O) groups excluding carboxylic acids is 1. The lowest BCUT2D eigenvalue weighted by atomic mass is 10.4. The van der Waals surface area contributed by atoms with Gasteiger partial charge in [-0.1, -0.05) is 41.5 Å². The molecular weight excluding hydrogens is 276 g/mol. The van der Waals surface area contributed by atoms with E-state index in [4.69, 9.17) is 0 Å². The van der Waals surface area contributed by atoms with Crippen molar-refractivity contribution in [1.29, 1.82) is 0 Å². The Labute approximate surface area is 128 Å². The van der Waals surface area contributed by atoms with Crippen molar-refractivity contribution in [1.82, 2.24) is 0 Å². The van der Waals surface area contributed by atoms with Crippen LogP contribution in [0.3, 0.4) is 0 Å². The lowest BCUT2D eigenvalue weighted by Gasteiger charge is -2.20. The number of rotatable bonds is 6. The van der Waals surface area contributed by atoms with Gasteiger partial charge in [-0.05, 0) is 48.1 Å². The maximum atomic E-state index is 11.9. The fourth-order valence-electron chi connectivity index (χ4n) is 2.44. The molecular formula is C17H30OSi2. The standard InChI is InChI=1S/C17H30OSi2/c1-7-19(8-2,9-3)15-13-17(18)14-16-20(10-4,11-5)12-6/h7-12H2,1-6H3. The highest BCUT2D eigenvalue weighted by atomic mass is 28.3. The highest BCUT2D eigenvalue weighted by molar-refractivity contribution is 6.88. The van der Waals surface area contributed by atoms with Gasteiger partial charge in [0, 0.05) is 0 Å². The third-order valence-corrected chi connectivity index (χ3v) is 14.4. The second-order valence-electron chi connectivity index (χ2n) is 5.51. The molecule has 0 aromatic heterocycles. The third kappa shape index (κ3) is 5.31. The molecule has 0 heterocycles. The van der Waals surface area contributed by atoms with Crippen LogP contribution in [-0.2, 0) is 4.79 Å². The van der Waals surface area contributed by atoms with Crippen molar-refractivity contribution in [3.8, 4) is 22.9 Å². The Morgan fingerprint density at radius 1 is 0.650 bits per heavy atom. The number of ketones is 1. The smallest absolute Gasteiger partial charge is 0.270 e. The van der Waals surface area contributed by atoms with Gasteiger partial charge in [0.1, 0.15) is 16.1 Å². The van der Waals surface area contributed by atoms with Crippen molar-refractivity contribution in [3.63, 3.8) is 0 Å². The van der Waals surface area contributed by atoms with Gasteiger partial charge in [0.25, 0.3) is 5.78 Å². The molecule has 0 unspecified atom stereocenters. The van der Waals surface area contributed by atoms with Gasteiger partial charge in [0.15, 0.2) is 0 Å². The largest absolute Gasteiger partial charge is 0.277 e. The molecule has 0 aromatic rings. The molecule has 0 rings (SSSR count). The Morgan fingerprint density at radius 3 is 1.10 bits per heavy atom.